The highest BCUT2D eigenvalue weighted by atomic mass is 16.3. The molecular formula is C11H21NO2. The Morgan fingerprint density at radius 3 is 2.93 bits per heavy atom. The first kappa shape index (κ1) is 13.2. The maximum Gasteiger partial charge on any atom is 0.220 e. The molecule has 3 heteroatoms. The van der Waals surface area contributed by atoms with Crippen molar-refractivity contribution in [1.29, 1.82) is 0 Å². The molecule has 0 aromatic heterocycles. The highest BCUT2D eigenvalue weighted by Crippen LogP contribution is 2.02. The van der Waals surface area contributed by atoms with Crippen molar-refractivity contribution in [3.63, 3.8) is 0 Å². The van der Waals surface area contributed by atoms with Gasteiger partial charge in [-0.05, 0) is 25.2 Å². The van der Waals surface area contributed by atoms with Gasteiger partial charge in [0.25, 0.3) is 0 Å². The van der Waals surface area contributed by atoms with Gasteiger partial charge in [-0.25, -0.2) is 0 Å². The van der Waals surface area contributed by atoms with Gasteiger partial charge in [0.05, 0.1) is 0 Å². The number of carbonyl (C=O) groups excluding carboxylic acids is 1. The number of amides is 1. The van der Waals surface area contributed by atoms with Crippen molar-refractivity contribution in [3.05, 3.63) is 12.7 Å². The van der Waals surface area contributed by atoms with Crippen molar-refractivity contribution in [2.24, 2.45) is 5.92 Å². The van der Waals surface area contributed by atoms with Crippen LogP contribution in [0.3, 0.4) is 0 Å². The van der Waals surface area contributed by atoms with E-state index in [-0.39, 0.29) is 12.5 Å². The molecule has 0 fully saturated rings. The molecule has 82 valence electrons. The molecule has 0 saturated carbocycles. The van der Waals surface area contributed by atoms with Gasteiger partial charge in [0.2, 0.25) is 5.91 Å². The standard InChI is InChI=1S/C11H21NO2/c1-3-4-7-11(14)12-8-5-6-10(2)9-13/h3,10,13H,1,4-9H2,2H3,(H,12,14). The third-order valence-corrected chi connectivity index (χ3v) is 2.08. The number of nitrogens with one attached hydrogen (secondary N) is 1. The smallest absolute Gasteiger partial charge is 0.220 e. The van der Waals surface area contributed by atoms with Crippen LogP contribution in [-0.2, 0) is 4.79 Å². The zero-order chi connectivity index (χ0) is 10.8. The molecule has 0 aliphatic heterocycles. The fourth-order valence-corrected chi connectivity index (χ4v) is 1.09. The third kappa shape index (κ3) is 7.80. The Bertz CT molecular complexity index is 169. The molecule has 0 rings (SSSR count). The van der Waals surface area contributed by atoms with E-state index < -0.39 is 0 Å². The Morgan fingerprint density at radius 1 is 1.64 bits per heavy atom. The number of aliphatic hydroxyl groups is 1. The van der Waals surface area contributed by atoms with Crippen LogP contribution in [-0.4, -0.2) is 24.2 Å². The predicted octanol–water partition coefficient (Wildman–Crippen LogP) is 1.48. The third-order valence-electron chi connectivity index (χ3n) is 2.08. The van der Waals surface area contributed by atoms with E-state index in [2.05, 4.69) is 11.9 Å². The second-order valence-electron chi connectivity index (χ2n) is 3.61. The minimum Gasteiger partial charge on any atom is -0.396 e. The first-order valence-electron chi connectivity index (χ1n) is 5.19. The van der Waals surface area contributed by atoms with Crippen LogP contribution in [0.1, 0.15) is 32.6 Å². The number of rotatable bonds is 8. The molecule has 1 atom stereocenters. The molecule has 0 saturated heterocycles. The van der Waals surface area contributed by atoms with Crippen LogP contribution in [0, 0.1) is 5.92 Å². The summed E-state index contributed by atoms with van der Waals surface area (Å²) in [5.41, 5.74) is 0. The van der Waals surface area contributed by atoms with Crippen molar-refractivity contribution in [2.75, 3.05) is 13.2 Å². The molecule has 1 unspecified atom stereocenters. The van der Waals surface area contributed by atoms with Gasteiger partial charge in [0, 0.05) is 19.6 Å². The molecule has 0 aliphatic rings. The van der Waals surface area contributed by atoms with Crippen LogP contribution in [0.25, 0.3) is 0 Å². The van der Waals surface area contributed by atoms with Crippen LogP contribution in [0.2, 0.25) is 0 Å². The zero-order valence-corrected chi connectivity index (χ0v) is 8.96. The van der Waals surface area contributed by atoms with E-state index in [1.165, 1.54) is 0 Å². The summed E-state index contributed by atoms with van der Waals surface area (Å²) in [5.74, 6) is 0.418. The summed E-state index contributed by atoms with van der Waals surface area (Å²) in [6.45, 7) is 6.49. The molecule has 1 amide bonds. The first-order valence-corrected chi connectivity index (χ1v) is 5.19. The summed E-state index contributed by atoms with van der Waals surface area (Å²) in [5, 5.41) is 11.6. The first-order chi connectivity index (χ1) is 6.70. The SMILES string of the molecule is C=CCCC(=O)NCCCC(C)CO. The van der Waals surface area contributed by atoms with E-state index in [0.29, 0.717) is 18.9 Å². The average molecular weight is 199 g/mol. The molecule has 0 spiro atoms. The Morgan fingerprint density at radius 2 is 2.36 bits per heavy atom. The highest BCUT2D eigenvalue weighted by molar-refractivity contribution is 5.75. The molecule has 0 heterocycles. The van der Waals surface area contributed by atoms with Gasteiger partial charge in [-0.2, -0.15) is 0 Å². The van der Waals surface area contributed by atoms with Crippen LogP contribution in [0.15, 0.2) is 12.7 Å². The number of hydrogen-bond donors (Lipinski definition) is 2. The molecule has 0 bridgehead atoms. The second-order valence-corrected chi connectivity index (χ2v) is 3.61. The van der Waals surface area contributed by atoms with Gasteiger partial charge < -0.3 is 10.4 Å². The lowest BCUT2D eigenvalue weighted by Gasteiger charge is -2.07. The molecule has 2 N–H and O–H groups in total. The summed E-state index contributed by atoms with van der Waals surface area (Å²) in [6.07, 6.45) is 4.89. The molecule has 0 aliphatic carbocycles. The van der Waals surface area contributed by atoms with E-state index in [1.807, 2.05) is 6.92 Å². The summed E-state index contributed by atoms with van der Waals surface area (Å²) >= 11 is 0. The maximum atomic E-state index is 11.1. The van der Waals surface area contributed by atoms with Gasteiger partial charge in [-0.15, -0.1) is 6.58 Å². The quantitative estimate of drug-likeness (QED) is 0.459. The van der Waals surface area contributed by atoms with E-state index in [1.54, 1.807) is 6.08 Å². The highest BCUT2D eigenvalue weighted by Gasteiger charge is 2.01. The summed E-state index contributed by atoms with van der Waals surface area (Å²) in [4.78, 5) is 11.1. The molecule has 14 heavy (non-hydrogen) atoms. The van der Waals surface area contributed by atoms with Crippen LogP contribution >= 0.6 is 0 Å². The summed E-state index contributed by atoms with van der Waals surface area (Å²) in [6, 6.07) is 0. The van der Waals surface area contributed by atoms with E-state index in [4.69, 9.17) is 5.11 Å². The topological polar surface area (TPSA) is 49.3 Å². The average Bonchev–Trinajstić information content (AvgIpc) is 2.21. The lowest BCUT2D eigenvalue weighted by Crippen LogP contribution is -2.24. The zero-order valence-electron chi connectivity index (χ0n) is 8.96. The van der Waals surface area contributed by atoms with Crippen molar-refractivity contribution in [3.8, 4) is 0 Å². The number of aliphatic hydroxyl groups excluding tert-OH is 1. The Hall–Kier alpha value is -0.830. The second kappa shape index (κ2) is 8.75. The molecule has 0 aromatic rings. The Labute approximate surface area is 86.2 Å². The van der Waals surface area contributed by atoms with Crippen molar-refractivity contribution >= 4 is 5.91 Å². The molecule has 0 aromatic carbocycles. The van der Waals surface area contributed by atoms with E-state index >= 15 is 0 Å². The lowest BCUT2D eigenvalue weighted by molar-refractivity contribution is -0.121. The number of hydrogen-bond acceptors (Lipinski definition) is 2. The number of carbonyl (C=O) groups is 1. The predicted molar refractivity (Wildman–Crippen MR) is 57.9 cm³/mol. The van der Waals surface area contributed by atoms with Gasteiger partial charge in [0.1, 0.15) is 0 Å². The fourth-order valence-electron chi connectivity index (χ4n) is 1.09. The normalized spacial score (nSPS) is 12.1. The van der Waals surface area contributed by atoms with Gasteiger partial charge in [0.15, 0.2) is 0 Å². The monoisotopic (exact) mass is 199 g/mol. The van der Waals surface area contributed by atoms with E-state index in [9.17, 15) is 4.79 Å². The summed E-state index contributed by atoms with van der Waals surface area (Å²) in [7, 11) is 0. The van der Waals surface area contributed by atoms with Gasteiger partial charge in [-0.3, -0.25) is 4.79 Å². The van der Waals surface area contributed by atoms with Gasteiger partial charge in [-0.1, -0.05) is 13.0 Å². The number of allylic oxidation sites excluding steroid dienone is 1. The Balaban J connectivity index is 3.26. The van der Waals surface area contributed by atoms with Crippen molar-refractivity contribution < 1.29 is 9.90 Å². The van der Waals surface area contributed by atoms with Crippen molar-refractivity contribution in [1.82, 2.24) is 5.32 Å². The minimum atomic E-state index is 0.0848. The molecular weight excluding hydrogens is 178 g/mol. The maximum absolute atomic E-state index is 11.1. The fraction of sp³-hybridized carbons (Fsp3) is 0.727. The minimum absolute atomic E-state index is 0.0848. The van der Waals surface area contributed by atoms with Gasteiger partial charge >= 0.3 is 0 Å². The molecule has 0 radical (unpaired) electrons. The Kier molecular flexibility index (Phi) is 8.24. The van der Waals surface area contributed by atoms with Crippen LogP contribution in [0.4, 0.5) is 0 Å². The molecule has 3 nitrogen and oxygen atoms in total. The van der Waals surface area contributed by atoms with E-state index in [0.717, 1.165) is 19.3 Å². The van der Waals surface area contributed by atoms with Crippen LogP contribution < -0.4 is 5.32 Å². The lowest BCUT2D eigenvalue weighted by atomic mass is 10.1. The van der Waals surface area contributed by atoms with Crippen LogP contribution in [0.5, 0.6) is 0 Å². The van der Waals surface area contributed by atoms with Crippen molar-refractivity contribution in [2.45, 2.75) is 32.6 Å². The largest absolute Gasteiger partial charge is 0.396 e. The summed E-state index contributed by atoms with van der Waals surface area (Å²) < 4.78 is 0.